The molecule has 3 heterocycles. The van der Waals surface area contributed by atoms with Crippen molar-refractivity contribution in [3.8, 4) is 0 Å². The van der Waals surface area contributed by atoms with Gasteiger partial charge in [0.1, 0.15) is 0 Å². The third-order valence-corrected chi connectivity index (χ3v) is 5.40. The molecule has 0 aliphatic carbocycles. The Labute approximate surface area is 112 Å². The van der Waals surface area contributed by atoms with Crippen molar-refractivity contribution in [3.05, 3.63) is 0 Å². The molecule has 18 heavy (non-hydrogen) atoms. The summed E-state index contributed by atoms with van der Waals surface area (Å²) in [7, 11) is 2.26. The highest BCUT2D eigenvalue weighted by molar-refractivity contribution is 4.91. The van der Waals surface area contributed by atoms with Gasteiger partial charge in [-0.3, -0.25) is 9.80 Å². The SMILES string of the molecule is CC1CN2CCCC2CN1CC1CCN(C)CC1. The van der Waals surface area contributed by atoms with Gasteiger partial charge in [0.25, 0.3) is 0 Å². The molecule has 3 heteroatoms. The summed E-state index contributed by atoms with van der Waals surface area (Å²) in [5, 5.41) is 0. The molecule has 3 nitrogen and oxygen atoms in total. The summed E-state index contributed by atoms with van der Waals surface area (Å²) in [5.74, 6) is 0.955. The van der Waals surface area contributed by atoms with E-state index >= 15 is 0 Å². The van der Waals surface area contributed by atoms with E-state index in [9.17, 15) is 0 Å². The third-order valence-electron chi connectivity index (χ3n) is 5.40. The molecule has 0 bridgehead atoms. The molecule has 0 aromatic heterocycles. The van der Waals surface area contributed by atoms with E-state index in [4.69, 9.17) is 0 Å². The molecular formula is C15H29N3. The van der Waals surface area contributed by atoms with Crippen molar-refractivity contribution >= 4 is 0 Å². The molecule has 3 fully saturated rings. The van der Waals surface area contributed by atoms with Crippen LogP contribution in [0.4, 0.5) is 0 Å². The average Bonchev–Trinajstić information content (AvgIpc) is 2.79. The van der Waals surface area contributed by atoms with E-state index in [1.807, 2.05) is 0 Å². The summed E-state index contributed by atoms with van der Waals surface area (Å²) in [6.45, 7) is 10.4. The number of rotatable bonds is 2. The normalized spacial score (nSPS) is 37.0. The van der Waals surface area contributed by atoms with Crippen LogP contribution in [0.5, 0.6) is 0 Å². The molecular weight excluding hydrogens is 222 g/mol. The van der Waals surface area contributed by atoms with Crippen LogP contribution in [0.25, 0.3) is 0 Å². The Morgan fingerprint density at radius 1 is 1.00 bits per heavy atom. The smallest absolute Gasteiger partial charge is 0.0224 e. The molecule has 0 amide bonds. The highest BCUT2D eigenvalue weighted by Crippen LogP contribution is 2.26. The minimum Gasteiger partial charge on any atom is -0.306 e. The van der Waals surface area contributed by atoms with E-state index in [2.05, 4.69) is 28.7 Å². The number of hydrogen-bond donors (Lipinski definition) is 0. The molecule has 0 spiro atoms. The number of fused-ring (bicyclic) bond motifs is 1. The van der Waals surface area contributed by atoms with E-state index in [0.717, 1.165) is 18.0 Å². The van der Waals surface area contributed by atoms with Gasteiger partial charge in [0.2, 0.25) is 0 Å². The van der Waals surface area contributed by atoms with Gasteiger partial charge in [0, 0.05) is 31.7 Å². The largest absolute Gasteiger partial charge is 0.306 e. The second-order valence-electron chi connectivity index (χ2n) is 6.84. The van der Waals surface area contributed by atoms with Crippen LogP contribution in [-0.4, -0.2) is 73.1 Å². The maximum Gasteiger partial charge on any atom is 0.0224 e. The fourth-order valence-electron chi connectivity index (χ4n) is 4.08. The predicted octanol–water partition coefficient (Wildman–Crippen LogP) is 1.50. The molecule has 2 atom stereocenters. The predicted molar refractivity (Wildman–Crippen MR) is 75.9 cm³/mol. The molecule has 0 saturated carbocycles. The maximum absolute atomic E-state index is 2.79. The van der Waals surface area contributed by atoms with Crippen LogP contribution in [0.2, 0.25) is 0 Å². The third kappa shape index (κ3) is 2.73. The van der Waals surface area contributed by atoms with E-state index in [1.54, 1.807) is 0 Å². The maximum atomic E-state index is 2.79. The Kier molecular flexibility index (Phi) is 3.92. The lowest BCUT2D eigenvalue weighted by Crippen LogP contribution is -2.56. The molecule has 3 aliphatic rings. The minimum absolute atomic E-state index is 0.777. The summed E-state index contributed by atoms with van der Waals surface area (Å²) in [6.07, 6.45) is 5.69. The summed E-state index contributed by atoms with van der Waals surface area (Å²) in [6, 6.07) is 1.66. The topological polar surface area (TPSA) is 9.72 Å². The van der Waals surface area contributed by atoms with E-state index < -0.39 is 0 Å². The van der Waals surface area contributed by atoms with Gasteiger partial charge < -0.3 is 4.90 Å². The van der Waals surface area contributed by atoms with Crippen LogP contribution in [-0.2, 0) is 0 Å². The minimum atomic E-state index is 0.777. The highest BCUT2D eigenvalue weighted by Gasteiger charge is 2.35. The van der Waals surface area contributed by atoms with Crippen molar-refractivity contribution in [2.24, 2.45) is 5.92 Å². The summed E-state index contributed by atoms with van der Waals surface area (Å²) < 4.78 is 0. The van der Waals surface area contributed by atoms with Crippen LogP contribution in [0.1, 0.15) is 32.6 Å². The van der Waals surface area contributed by atoms with E-state index in [0.29, 0.717) is 0 Å². The first-order valence-corrected chi connectivity index (χ1v) is 7.89. The van der Waals surface area contributed by atoms with Gasteiger partial charge in [-0.1, -0.05) is 0 Å². The first-order chi connectivity index (χ1) is 8.72. The van der Waals surface area contributed by atoms with E-state index in [-0.39, 0.29) is 0 Å². The fourth-order valence-corrected chi connectivity index (χ4v) is 4.08. The lowest BCUT2D eigenvalue weighted by Gasteiger charge is -2.44. The molecule has 0 aromatic carbocycles. The zero-order chi connectivity index (χ0) is 12.5. The Balaban J connectivity index is 1.52. The second-order valence-corrected chi connectivity index (χ2v) is 6.84. The number of piperazine rings is 1. The lowest BCUT2D eigenvalue weighted by atomic mass is 9.95. The molecule has 0 aromatic rings. The monoisotopic (exact) mass is 251 g/mol. The summed E-state index contributed by atoms with van der Waals surface area (Å²) in [5.41, 5.74) is 0. The number of piperidine rings is 1. The molecule has 104 valence electrons. The second kappa shape index (κ2) is 5.48. The molecule has 0 radical (unpaired) electrons. The Morgan fingerprint density at radius 2 is 1.78 bits per heavy atom. The van der Waals surface area contributed by atoms with Gasteiger partial charge in [-0.15, -0.1) is 0 Å². The molecule has 3 saturated heterocycles. The molecule has 0 N–H and O–H groups in total. The molecule has 3 rings (SSSR count). The van der Waals surface area contributed by atoms with Crippen molar-refractivity contribution in [1.82, 2.24) is 14.7 Å². The zero-order valence-corrected chi connectivity index (χ0v) is 12.1. The van der Waals surface area contributed by atoms with Crippen molar-refractivity contribution in [2.45, 2.75) is 44.7 Å². The fraction of sp³-hybridized carbons (Fsp3) is 1.00. The number of likely N-dealkylation sites (tertiary alicyclic amines) is 1. The van der Waals surface area contributed by atoms with Gasteiger partial charge in [0.15, 0.2) is 0 Å². The van der Waals surface area contributed by atoms with Crippen molar-refractivity contribution < 1.29 is 0 Å². The van der Waals surface area contributed by atoms with Gasteiger partial charge in [-0.2, -0.15) is 0 Å². The van der Waals surface area contributed by atoms with E-state index in [1.165, 1.54) is 65.0 Å². The van der Waals surface area contributed by atoms with Crippen LogP contribution in [0, 0.1) is 5.92 Å². The van der Waals surface area contributed by atoms with Gasteiger partial charge in [-0.25, -0.2) is 0 Å². The summed E-state index contributed by atoms with van der Waals surface area (Å²) in [4.78, 5) is 8.01. The Morgan fingerprint density at radius 3 is 2.56 bits per heavy atom. The quantitative estimate of drug-likeness (QED) is 0.736. The first-order valence-electron chi connectivity index (χ1n) is 7.89. The summed E-state index contributed by atoms with van der Waals surface area (Å²) >= 11 is 0. The first kappa shape index (κ1) is 12.9. The molecule has 3 aliphatic heterocycles. The average molecular weight is 251 g/mol. The van der Waals surface area contributed by atoms with Gasteiger partial charge >= 0.3 is 0 Å². The standard InChI is InChI=1S/C15H29N3/c1-13-10-17-7-3-4-15(17)12-18(13)11-14-5-8-16(2)9-6-14/h13-15H,3-12H2,1-2H3. The van der Waals surface area contributed by atoms with Crippen LogP contribution >= 0.6 is 0 Å². The van der Waals surface area contributed by atoms with Crippen LogP contribution in [0.3, 0.4) is 0 Å². The number of hydrogen-bond acceptors (Lipinski definition) is 3. The lowest BCUT2D eigenvalue weighted by molar-refractivity contribution is 0.0394. The number of nitrogens with zero attached hydrogens (tertiary/aromatic N) is 3. The van der Waals surface area contributed by atoms with Crippen molar-refractivity contribution in [2.75, 3.05) is 46.3 Å². The van der Waals surface area contributed by atoms with Gasteiger partial charge in [-0.05, 0) is 65.2 Å². The zero-order valence-electron chi connectivity index (χ0n) is 12.1. The van der Waals surface area contributed by atoms with Crippen molar-refractivity contribution in [1.29, 1.82) is 0 Å². The molecule has 2 unspecified atom stereocenters. The Bertz CT molecular complexity index is 273. The van der Waals surface area contributed by atoms with Gasteiger partial charge in [0.05, 0.1) is 0 Å². The van der Waals surface area contributed by atoms with Crippen LogP contribution < -0.4 is 0 Å². The van der Waals surface area contributed by atoms with Crippen LogP contribution in [0.15, 0.2) is 0 Å². The van der Waals surface area contributed by atoms with Crippen molar-refractivity contribution in [3.63, 3.8) is 0 Å². The Hall–Kier alpha value is -0.120. The highest BCUT2D eigenvalue weighted by atomic mass is 15.3.